The second kappa shape index (κ2) is 10.7. The van der Waals surface area contributed by atoms with Gasteiger partial charge in [0.1, 0.15) is 17.6 Å². The van der Waals surface area contributed by atoms with Crippen LogP contribution in [0.1, 0.15) is 25.7 Å². The average Bonchev–Trinajstić information content (AvgIpc) is 3.17. The minimum Gasteiger partial charge on any atom is -0.108 e. The van der Waals surface area contributed by atoms with E-state index in [1.807, 2.05) is 10.3 Å². The molecule has 1 saturated carbocycles. The normalized spacial score (nSPS) is 22.2. The summed E-state index contributed by atoms with van der Waals surface area (Å²) in [5.74, 6) is 2.81. The first-order valence-electron chi connectivity index (χ1n) is 14.5. The Labute approximate surface area is 232 Å². The molecule has 3 saturated heterocycles. The van der Waals surface area contributed by atoms with Crippen molar-refractivity contribution in [3.63, 3.8) is 0 Å². The van der Waals surface area contributed by atoms with E-state index in [1.54, 1.807) is 20.7 Å². The van der Waals surface area contributed by atoms with Crippen LogP contribution >= 0.6 is 0 Å². The highest BCUT2D eigenvalue weighted by Crippen LogP contribution is 2.51. The fraction of sp³-hybridized carbons (Fsp3) is 0.257. The van der Waals surface area contributed by atoms with Crippen molar-refractivity contribution in [2.75, 3.05) is 0 Å². The molecule has 3 heteroatoms. The van der Waals surface area contributed by atoms with Gasteiger partial charge in [-0.1, -0.05) is 160 Å². The third-order valence-corrected chi connectivity index (χ3v) is 16.1. The lowest BCUT2D eigenvalue weighted by molar-refractivity contribution is 0.216. The Balaban J connectivity index is 1.53. The van der Waals surface area contributed by atoms with Crippen molar-refractivity contribution in [3.05, 3.63) is 132 Å². The van der Waals surface area contributed by atoms with Crippen LogP contribution in [0.5, 0.6) is 0 Å². The summed E-state index contributed by atoms with van der Waals surface area (Å²) >= 11 is 0. The van der Waals surface area contributed by atoms with Gasteiger partial charge in [0, 0.05) is 0 Å². The molecule has 4 aromatic rings. The zero-order valence-corrected chi connectivity index (χ0v) is 24.1. The summed E-state index contributed by atoms with van der Waals surface area (Å²) in [7, 11) is -2.32. The smallest absolute Gasteiger partial charge is 0.108 e. The van der Waals surface area contributed by atoms with Gasteiger partial charge in [-0.15, -0.1) is 5.47 Å². The van der Waals surface area contributed by atoms with Crippen molar-refractivity contribution in [2.24, 2.45) is 17.8 Å². The molecule has 4 fully saturated rings. The predicted molar refractivity (Wildman–Crippen MR) is 167 cm³/mol. The lowest BCUT2D eigenvalue weighted by atomic mass is 9.34. The summed E-state index contributed by atoms with van der Waals surface area (Å²) in [6.45, 7) is 0.779. The van der Waals surface area contributed by atoms with E-state index >= 15 is 0 Å². The van der Waals surface area contributed by atoms with Gasteiger partial charge >= 0.3 is 0 Å². The highest BCUT2D eigenvalue weighted by Gasteiger charge is 2.46. The molecule has 4 aromatic carbocycles. The van der Waals surface area contributed by atoms with Crippen molar-refractivity contribution in [1.29, 1.82) is 0 Å². The van der Waals surface area contributed by atoms with Crippen molar-refractivity contribution in [3.8, 4) is 0 Å². The van der Waals surface area contributed by atoms with E-state index in [-0.39, 0.29) is 0 Å². The highest BCUT2D eigenvalue weighted by atomic mass is 28.3. The van der Waals surface area contributed by atoms with E-state index in [2.05, 4.69) is 121 Å². The summed E-state index contributed by atoms with van der Waals surface area (Å²) in [5, 5.41) is 6.18. The number of hydrogen-bond acceptors (Lipinski definition) is 0. The maximum atomic E-state index is 2.43. The molecule has 3 heterocycles. The molecule has 4 bridgehead atoms. The van der Waals surface area contributed by atoms with Crippen LogP contribution in [0.3, 0.4) is 0 Å². The molecule has 0 amide bonds. The maximum absolute atomic E-state index is 2.43. The summed E-state index contributed by atoms with van der Waals surface area (Å²) < 4.78 is 0. The monoisotopic (exact) mass is 522 g/mol. The zero-order valence-electron chi connectivity index (χ0n) is 22.1. The second-order valence-electron chi connectivity index (χ2n) is 11.8. The fourth-order valence-corrected chi connectivity index (χ4v) is 15.9. The van der Waals surface area contributed by atoms with Crippen LogP contribution in [0.15, 0.2) is 132 Å². The van der Waals surface area contributed by atoms with Gasteiger partial charge in [-0.05, 0) is 43.4 Å². The molecule has 0 aromatic heterocycles. The number of hydrogen-bond donors (Lipinski definition) is 0. The summed E-state index contributed by atoms with van der Waals surface area (Å²) in [6, 6.07) is 46.3. The summed E-state index contributed by atoms with van der Waals surface area (Å²) in [4.78, 5) is 1.87. The minimum atomic E-state index is -1.16. The first-order valence-corrected chi connectivity index (χ1v) is 17.5. The maximum Gasteiger partial charge on any atom is 0.170 e. The first kappa shape index (κ1) is 24.2. The Morgan fingerprint density at radius 1 is 0.474 bits per heavy atom. The number of benzene rings is 4. The molecule has 38 heavy (non-hydrogen) atoms. The lowest BCUT2D eigenvalue weighted by Gasteiger charge is -2.38. The van der Waals surface area contributed by atoms with Crippen LogP contribution in [0.2, 0.25) is 12.6 Å². The van der Waals surface area contributed by atoms with E-state index in [0.29, 0.717) is 0 Å². The van der Waals surface area contributed by atoms with Crippen LogP contribution in [0.25, 0.3) is 0 Å². The van der Waals surface area contributed by atoms with Crippen molar-refractivity contribution < 1.29 is 0 Å². The number of allylic oxidation sites excluding steroid dienone is 1. The Hall–Kier alpha value is -2.88. The van der Waals surface area contributed by atoms with E-state index in [0.717, 1.165) is 24.5 Å². The third kappa shape index (κ3) is 4.72. The average molecular weight is 523 g/mol. The molecule has 4 aliphatic rings. The quantitative estimate of drug-likeness (QED) is 0.295. The van der Waals surface area contributed by atoms with Crippen molar-refractivity contribution in [2.45, 2.75) is 38.3 Å². The molecule has 1 aliphatic carbocycles. The highest BCUT2D eigenvalue weighted by molar-refractivity contribution is 7.10. The van der Waals surface area contributed by atoms with Crippen LogP contribution < -0.4 is 20.7 Å². The Morgan fingerprint density at radius 2 is 0.816 bits per heavy atom. The summed E-state index contributed by atoms with van der Waals surface area (Å²) in [6.07, 6.45) is 8.66. The minimum absolute atomic E-state index is 0.779. The van der Waals surface area contributed by atoms with E-state index in [4.69, 9.17) is 0 Å². The Morgan fingerprint density at radius 3 is 1.18 bits per heavy atom. The van der Waals surface area contributed by atoms with Gasteiger partial charge in [-0.25, -0.2) is 0 Å². The topological polar surface area (TPSA) is 0 Å². The molecule has 2 radical (unpaired) electrons. The van der Waals surface area contributed by atoms with Gasteiger partial charge in [0.15, 0.2) is 6.71 Å². The Kier molecular flexibility index (Phi) is 6.81. The molecular weight excluding hydrogens is 487 g/mol. The number of fused-ring (bicyclic) bond motifs is 1. The van der Waals surface area contributed by atoms with Crippen LogP contribution in [-0.4, -0.2) is 24.3 Å². The Bertz CT molecular complexity index is 1210. The molecule has 0 N–H and O–H groups in total. The van der Waals surface area contributed by atoms with Gasteiger partial charge in [-0.2, -0.15) is 0 Å². The largest absolute Gasteiger partial charge is 0.170 e. The number of rotatable bonds is 6. The molecule has 1 unspecified atom stereocenters. The van der Waals surface area contributed by atoms with Crippen LogP contribution in [-0.2, 0) is 0 Å². The SMILES string of the molecule is c1ccc([Si](C(=C2CC3C[C@H]4CB2C[C@@H](C3)C4)[Si](c2ccccc2)c2ccccc2)c2ccccc2)cc1. The van der Waals surface area contributed by atoms with Gasteiger partial charge in [0.2, 0.25) is 0 Å². The van der Waals surface area contributed by atoms with Crippen LogP contribution in [0.4, 0.5) is 0 Å². The molecular formula is C35H35BSi2. The fourth-order valence-electron chi connectivity index (χ4n) is 8.00. The van der Waals surface area contributed by atoms with Crippen molar-refractivity contribution >= 4 is 45.1 Å². The van der Waals surface area contributed by atoms with Crippen LogP contribution in [0, 0.1) is 17.8 Å². The van der Waals surface area contributed by atoms with E-state index in [9.17, 15) is 0 Å². The molecule has 186 valence electrons. The van der Waals surface area contributed by atoms with E-state index < -0.39 is 17.6 Å². The molecule has 3 aliphatic heterocycles. The second-order valence-corrected chi connectivity index (χ2v) is 17.1. The zero-order chi connectivity index (χ0) is 25.3. The van der Waals surface area contributed by atoms with Gasteiger partial charge in [-0.3, -0.25) is 0 Å². The van der Waals surface area contributed by atoms with Crippen molar-refractivity contribution in [1.82, 2.24) is 0 Å². The third-order valence-electron chi connectivity index (χ3n) is 9.31. The molecule has 3 atom stereocenters. The lowest BCUT2D eigenvalue weighted by Crippen LogP contribution is -2.57. The van der Waals surface area contributed by atoms with Gasteiger partial charge < -0.3 is 0 Å². The predicted octanol–water partition coefficient (Wildman–Crippen LogP) is 5.46. The van der Waals surface area contributed by atoms with E-state index in [1.165, 1.54) is 38.3 Å². The van der Waals surface area contributed by atoms with Gasteiger partial charge in [0.05, 0.1) is 0 Å². The standard InChI is InChI=1S/C35H35BSi2/c1-5-13-30(14-6-1)37(31-15-7-2-8-16-31)35(34-24-27-21-28-23-29(22-27)26-36(34)25-28)38(32-17-9-3-10-18-32)33-19-11-4-12-20-33/h1-20,27-29H,21-26H2/t27?,28-,29+. The molecule has 0 nitrogen and oxygen atoms in total. The molecule has 0 spiro atoms. The first-order chi connectivity index (χ1) is 18.8. The molecule has 8 rings (SSSR count). The summed E-state index contributed by atoms with van der Waals surface area (Å²) in [5.41, 5.74) is 1.89. The van der Waals surface area contributed by atoms with Gasteiger partial charge in [0.25, 0.3) is 0 Å².